The molecule has 4 rings (SSSR count). The Morgan fingerprint density at radius 2 is 1.97 bits per heavy atom. The first-order valence-corrected chi connectivity index (χ1v) is 12.0. The van der Waals surface area contributed by atoms with E-state index in [0.717, 1.165) is 57.1 Å². The Kier molecular flexibility index (Phi) is 7.71. The highest BCUT2D eigenvalue weighted by Crippen LogP contribution is 2.27. The third-order valence-electron chi connectivity index (χ3n) is 6.33. The number of ether oxygens (including phenoxy) is 2. The molecule has 7 nitrogen and oxygen atoms in total. The Labute approximate surface area is 195 Å². The number of imidazole rings is 1. The molecule has 2 fully saturated rings. The lowest BCUT2D eigenvalue weighted by Crippen LogP contribution is -2.57. The lowest BCUT2D eigenvalue weighted by Gasteiger charge is -2.43. The Hall–Kier alpha value is -2.09. The van der Waals surface area contributed by atoms with Crippen LogP contribution in [0.1, 0.15) is 38.4 Å². The number of morpholine rings is 1. The SMILES string of the molecule is CCn1ccnc1CN1CCOC(COc2ccc(Cl)cc2)(CC(=O)N2CCCCC2)C1. The second-order valence-corrected chi connectivity index (χ2v) is 9.17. The van der Waals surface area contributed by atoms with Crippen molar-refractivity contribution in [3.63, 3.8) is 0 Å². The molecule has 1 aromatic carbocycles. The first kappa shape index (κ1) is 23.1. The number of halogens is 1. The second-order valence-electron chi connectivity index (χ2n) is 8.73. The summed E-state index contributed by atoms with van der Waals surface area (Å²) in [7, 11) is 0. The van der Waals surface area contributed by atoms with Gasteiger partial charge in [-0.2, -0.15) is 0 Å². The van der Waals surface area contributed by atoms with E-state index in [1.165, 1.54) is 6.42 Å². The minimum atomic E-state index is -0.698. The van der Waals surface area contributed by atoms with Crippen LogP contribution < -0.4 is 4.74 Å². The average molecular weight is 461 g/mol. The van der Waals surface area contributed by atoms with Gasteiger partial charge in [-0.05, 0) is 50.5 Å². The van der Waals surface area contributed by atoms with Crippen LogP contribution in [0.5, 0.6) is 5.75 Å². The summed E-state index contributed by atoms with van der Waals surface area (Å²) in [5.41, 5.74) is -0.698. The van der Waals surface area contributed by atoms with Gasteiger partial charge in [-0.15, -0.1) is 0 Å². The average Bonchev–Trinajstić information content (AvgIpc) is 3.26. The highest BCUT2D eigenvalue weighted by Gasteiger charge is 2.41. The fourth-order valence-electron chi connectivity index (χ4n) is 4.56. The van der Waals surface area contributed by atoms with E-state index in [0.29, 0.717) is 31.2 Å². The van der Waals surface area contributed by atoms with Crippen molar-refractivity contribution < 1.29 is 14.3 Å². The molecule has 0 bridgehead atoms. The molecule has 32 heavy (non-hydrogen) atoms. The number of carbonyl (C=O) groups is 1. The molecule has 1 aromatic heterocycles. The van der Waals surface area contributed by atoms with E-state index < -0.39 is 5.60 Å². The zero-order valence-corrected chi connectivity index (χ0v) is 19.6. The standard InChI is InChI=1S/C24H33ClN4O3/c1-2-28-13-10-26-22(28)17-27-14-15-32-24(18-27,16-23(30)29-11-4-3-5-12-29)19-31-21-8-6-20(25)7-9-21/h6-10,13H,2-5,11-12,14-19H2,1H3. The van der Waals surface area contributed by atoms with Gasteiger partial charge in [0.25, 0.3) is 0 Å². The molecular weight excluding hydrogens is 428 g/mol. The van der Waals surface area contributed by atoms with E-state index in [4.69, 9.17) is 21.1 Å². The van der Waals surface area contributed by atoms with E-state index in [-0.39, 0.29) is 5.91 Å². The fourth-order valence-corrected chi connectivity index (χ4v) is 4.69. The number of benzene rings is 1. The smallest absolute Gasteiger partial charge is 0.225 e. The molecule has 0 aliphatic carbocycles. The van der Waals surface area contributed by atoms with Crippen LogP contribution in [0.3, 0.4) is 0 Å². The van der Waals surface area contributed by atoms with Crippen LogP contribution in [-0.4, -0.2) is 70.3 Å². The number of hydrogen-bond donors (Lipinski definition) is 0. The number of aryl methyl sites for hydroxylation is 1. The summed E-state index contributed by atoms with van der Waals surface area (Å²) in [5.74, 6) is 1.91. The van der Waals surface area contributed by atoms with Gasteiger partial charge in [0.1, 0.15) is 23.8 Å². The Morgan fingerprint density at radius 3 is 2.72 bits per heavy atom. The van der Waals surface area contributed by atoms with Crippen molar-refractivity contribution in [3.8, 4) is 5.75 Å². The molecule has 1 amide bonds. The van der Waals surface area contributed by atoms with Gasteiger partial charge in [-0.3, -0.25) is 9.69 Å². The van der Waals surface area contributed by atoms with Gasteiger partial charge in [0, 0.05) is 50.1 Å². The predicted molar refractivity (Wildman–Crippen MR) is 124 cm³/mol. The lowest BCUT2D eigenvalue weighted by atomic mass is 9.96. The fraction of sp³-hybridized carbons (Fsp3) is 0.583. The number of nitrogens with zero attached hydrogens (tertiary/aromatic N) is 4. The molecule has 1 atom stereocenters. The molecule has 0 saturated carbocycles. The lowest BCUT2D eigenvalue weighted by molar-refractivity contribution is -0.157. The first-order valence-electron chi connectivity index (χ1n) is 11.6. The third kappa shape index (κ3) is 5.82. The maximum atomic E-state index is 13.2. The topological polar surface area (TPSA) is 59.8 Å². The molecule has 0 radical (unpaired) electrons. The first-order chi connectivity index (χ1) is 15.6. The van der Waals surface area contributed by atoms with Crippen molar-refractivity contribution in [3.05, 3.63) is 47.5 Å². The largest absolute Gasteiger partial charge is 0.491 e. The molecule has 2 aliphatic rings. The van der Waals surface area contributed by atoms with Crippen molar-refractivity contribution in [2.75, 3.05) is 39.4 Å². The van der Waals surface area contributed by atoms with Gasteiger partial charge < -0.3 is 18.9 Å². The van der Waals surface area contributed by atoms with E-state index in [2.05, 4.69) is 21.4 Å². The number of carbonyl (C=O) groups excluding carboxylic acids is 1. The molecular formula is C24H33ClN4O3. The van der Waals surface area contributed by atoms with Gasteiger partial charge in [-0.1, -0.05) is 11.6 Å². The minimum absolute atomic E-state index is 0.154. The van der Waals surface area contributed by atoms with Gasteiger partial charge in [-0.25, -0.2) is 4.98 Å². The summed E-state index contributed by atoms with van der Waals surface area (Å²) in [6.07, 6.45) is 7.52. The molecule has 8 heteroatoms. The zero-order valence-electron chi connectivity index (χ0n) is 18.8. The van der Waals surface area contributed by atoms with Crippen molar-refractivity contribution in [2.45, 2.75) is 51.3 Å². The highest BCUT2D eigenvalue weighted by atomic mass is 35.5. The van der Waals surface area contributed by atoms with Crippen molar-refractivity contribution in [1.82, 2.24) is 19.4 Å². The number of rotatable bonds is 8. The van der Waals surface area contributed by atoms with Crippen LogP contribution in [-0.2, 0) is 22.6 Å². The molecule has 0 spiro atoms. The van der Waals surface area contributed by atoms with Crippen LogP contribution >= 0.6 is 11.6 Å². The third-order valence-corrected chi connectivity index (χ3v) is 6.58. The molecule has 1 unspecified atom stereocenters. The maximum absolute atomic E-state index is 13.2. The molecule has 2 aliphatic heterocycles. The second kappa shape index (κ2) is 10.7. The van der Waals surface area contributed by atoms with E-state index in [1.807, 2.05) is 29.4 Å². The van der Waals surface area contributed by atoms with Crippen LogP contribution in [0.25, 0.3) is 0 Å². The molecule has 3 heterocycles. The van der Waals surface area contributed by atoms with Crippen LogP contribution in [0.15, 0.2) is 36.7 Å². The van der Waals surface area contributed by atoms with Gasteiger partial charge in [0.05, 0.1) is 19.6 Å². The predicted octanol–water partition coefficient (Wildman–Crippen LogP) is 3.61. The van der Waals surface area contributed by atoms with Crippen LogP contribution in [0.2, 0.25) is 5.02 Å². The normalized spacial score (nSPS) is 22.1. The van der Waals surface area contributed by atoms with E-state index in [1.54, 1.807) is 12.1 Å². The van der Waals surface area contributed by atoms with Crippen molar-refractivity contribution in [2.24, 2.45) is 0 Å². The highest BCUT2D eigenvalue weighted by molar-refractivity contribution is 6.30. The summed E-state index contributed by atoms with van der Waals surface area (Å²) in [6.45, 7) is 7.70. The van der Waals surface area contributed by atoms with Crippen molar-refractivity contribution in [1.29, 1.82) is 0 Å². The Bertz CT molecular complexity index is 882. The minimum Gasteiger partial charge on any atom is -0.491 e. The number of aromatic nitrogens is 2. The Morgan fingerprint density at radius 1 is 1.19 bits per heavy atom. The quantitative estimate of drug-likeness (QED) is 0.602. The summed E-state index contributed by atoms with van der Waals surface area (Å²) in [5, 5.41) is 0.666. The maximum Gasteiger partial charge on any atom is 0.225 e. The Balaban J connectivity index is 1.48. The van der Waals surface area contributed by atoms with Crippen LogP contribution in [0, 0.1) is 0 Å². The molecule has 2 saturated heterocycles. The van der Waals surface area contributed by atoms with Gasteiger partial charge >= 0.3 is 0 Å². The number of likely N-dealkylation sites (tertiary alicyclic amines) is 1. The molecule has 174 valence electrons. The number of hydrogen-bond acceptors (Lipinski definition) is 5. The monoisotopic (exact) mass is 460 g/mol. The van der Waals surface area contributed by atoms with Gasteiger partial charge in [0.15, 0.2) is 0 Å². The zero-order chi connectivity index (χ0) is 22.4. The van der Waals surface area contributed by atoms with Crippen molar-refractivity contribution >= 4 is 17.5 Å². The number of piperidine rings is 1. The summed E-state index contributed by atoms with van der Waals surface area (Å²) < 4.78 is 14.6. The van der Waals surface area contributed by atoms with Crippen LogP contribution in [0.4, 0.5) is 0 Å². The summed E-state index contributed by atoms with van der Waals surface area (Å²) in [6, 6.07) is 7.31. The molecule has 2 aromatic rings. The summed E-state index contributed by atoms with van der Waals surface area (Å²) >= 11 is 6.01. The van der Waals surface area contributed by atoms with E-state index >= 15 is 0 Å². The summed E-state index contributed by atoms with van der Waals surface area (Å²) in [4.78, 5) is 22.0. The van der Waals surface area contributed by atoms with Gasteiger partial charge in [0.2, 0.25) is 5.91 Å². The van der Waals surface area contributed by atoms with E-state index in [9.17, 15) is 4.79 Å². The molecule has 0 N–H and O–H groups in total. The number of amides is 1.